The summed E-state index contributed by atoms with van der Waals surface area (Å²) in [5.41, 5.74) is 0.961. The van der Waals surface area contributed by atoms with Crippen molar-refractivity contribution in [3.05, 3.63) is 42.5 Å². The molecule has 1 N–H and O–H groups in total. The first-order valence-corrected chi connectivity index (χ1v) is 5.15. The van der Waals surface area contributed by atoms with Crippen LogP contribution in [-0.4, -0.2) is 42.5 Å². The van der Waals surface area contributed by atoms with Crippen molar-refractivity contribution < 1.29 is 13.0 Å². The van der Waals surface area contributed by atoms with Gasteiger partial charge in [0.25, 0.3) is 10.1 Å². The van der Waals surface area contributed by atoms with Crippen LogP contribution in [0.3, 0.4) is 0 Å². The average Bonchev–Trinajstić information content (AvgIpc) is 2.04. The number of allylic oxidation sites excluding steroid dienone is 1. The van der Waals surface area contributed by atoms with E-state index in [0.29, 0.717) is 6.42 Å². The predicted octanol–water partition coefficient (Wildman–Crippen LogP) is 1.01. The molecule has 0 spiro atoms. The number of benzene rings is 1. The summed E-state index contributed by atoms with van der Waals surface area (Å²) in [6, 6.07) is 6.03. The minimum atomic E-state index is -4.06. The van der Waals surface area contributed by atoms with Crippen molar-refractivity contribution >= 4 is 39.7 Å². The van der Waals surface area contributed by atoms with Crippen LogP contribution >= 0.6 is 0 Å². The van der Waals surface area contributed by atoms with E-state index in [1.165, 1.54) is 12.1 Å². The Morgan fingerprint density at radius 3 is 2.14 bits per heavy atom. The quantitative estimate of drug-likeness (QED) is 0.472. The number of rotatable bonds is 3. The van der Waals surface area contributed by atoms with Gasteiger partial charge in [0.2, 0.25) is 0 Å². The van der Waals surface area contributed by atoms with Crippen molar-refractivity contribution in [3.63, 3.8) is 0 Å². The molecule has 0 aromatic heterocycles. The minimum absolute atomic E-state index is 0. The third kappa shape index (κ3) is 3.94. The molecule has 14 heavy (non-hydrogen) atoms. The van der Waals surface area contributed by atoms with E-state index in [4.69, 9.17) is 4.55 Å². The standard InChI is InChI=1S/C9H10O3S.Na.H/c1-2-3-8-4-6-9(7-5-8)13(10,11)12;;/h2,4-7H,1,3H2,(H,10,11,12);;. The second-order valence-electron chi connectivity index (χ2n) is 2.61. The molecule has 1 rings (SSSR count). The van der Waals surface area contributed by atoms with Gasteiger partial charge < -0.3 is 0 Å². The zero-order valence-corrected chi connectivity index (χ0v) is 7.79. The van der Waals surface area contributed by atoms with Gasteiger partial charge in [-0.15, -0.1) is 6.58 Å². The van der Waals surface area contributed by atoms with Gasteiger partial charge in [-0.3, -0.25) is 4.55 Å². The fraction of sp³-hybridized carbons (Fsp3) is 0.111. The van der Waals surface area contributed by atoms with Gasteiger partial charge in [0.05, 0.1) is 4.90 Å². The van der Waals surface area contributed by atoms with Crippen LogP contribution in [0.5, 0.6) is 0 Å². The van der Waals surface area contributed by atoms with Crippen LogP contribution in [0.25, 0.3) is 0 Å². The molecule has 72 valence electrons. The molecule has 0 atom stereocenters. The molecule has 0 heterocycles. The van der Waals surface area contributed by atoms with Gasteiger partial charge in [0.15, 0.2) is 0 Å². The Morgan fingerprint density at radius 2 is 1.79 bits per heavy atom. The van der Waals surface area contributed by atoms with Crippen molar-refractivity contribution in [1.82, 2.24) is 0 Å². The molecule has 1 aromatic carbocycles. The molecule has 0 bridgehead atoms. The summed E-state index contributed by atoms with van der Waals surface area (Å²) in [4.78, 5) is -0.0830. The van der Waals surface area contributed by atoms with Crippen LogP contribution in [0.4, 0.5) is 0 Å². The topological polar surface area (TPSA) is 54.4 Å². The molecule has 0 aliphatic heterocycles. The Kier molecular flexibility index (Phi) is 5.63. The fourth-order valence-electron chi connectivity index (χ4n) is 0.964. The molecule has 0 unspecified atom stereocenters. The van der Waals surface area contributed by atoms with Crippen molar-refractivity contribution in [2.75, 3.05) is 0 Å². The molecular weight excluding hydrogens is 211 g/mol. The van der Waals surface area contributed by atoms with Crippen molar-refractivity contribution in [1.29, 1.82) is 0 Å². The molecular formula is C9H11NaO3S. The fourth-order valence-corrected chi connectivity index (χ4v) is 1.44. The Bertz CT molecular complexity index is 395. The molecule has 0 fully saturated rings. The van der Waals surface area contributed by atoms with E-state index < -0.39 is 10.1 Å². The first-order chi connectivity index (χ1) is 6.04. The van der Waals surface area contributed by atoms with Crippen LogP contribution in [0.1, 0.15) is 5.56 Å². The van der Waals surface area contributed by atoms with Gasteiger partial charge in [0.1, 0.15) is 0 Å². The van der Waals surface area contributed by atoms with E-state index in [2.05, 4.69) is 6.58 Å². The Morgan fingerprint density at radius 1 is 1.29 bits per heavy atom. The van der Waals surface area contributed by atoms with Crippen LogP contribution in [-0.2, 0) is 16.5 Å². The van der Waals surface area contributed by atoms with E-state index in [1.807, 2.05) is 0 Å². The summed E-state index contributed by atoms with van der Waals surface area (Å²) in [7, 11) is -4.06. The van der Waals surface area contributed by atoms with E-state index >= 15 is 0 Å². The number of hydrogen-bond donors (Lipinski definition) is 1. The summed E-state index contributed by atoms with van der Waals surface area (Å²) in [5, 5.41) is 0. The summed E-state index contributed by atoms with van der Waals surface area (Å²) < 4.78 is 29.9. The van der Waals surface area contributed by atoms with Gasteiger partial charge >= 0.3 is 29.6 Å². The van der Waals surface area contributed by atoms with Crippen LogP contribution in [0.15, 0.2) is 41.8 Å². The van der Waals surface area contributed by atoms with Crippen LogP contribution in [0.2, 0.25) is 0 Å². The zero-order valence-electron chi connectivity index (χ0n) is 6.97. The Hall–Kier alpha value is -0.130. The second-order valence-corrected chi connectivity index (χ2v) is 4.03. The molecule has 0 aliphatic rings. The molecule has 0 saturated carbocycles. The molecule has 5 heteroatoms. The van der Waals surface area contributed by atoms with Crippen LogP contribution < -0.4 is 0 Å². The van der Waals surface area contributed by atoms with Gasteiger partial charge in [-0.2, -0.15) is 8.42 Å². The SMILES string of the molecule is C=CCc1ccc(S(=O)(=O)O)cc1.[NaH]. The van der Waals surface area contributed by atoms with Gasteiger partial charge in [0, 0.05) is 0 Å². The van der Waals surface area contributed by atoms with E-state index in [9.17, 15) is 8.42 Å². The average molecular weight is 222 g/mol. The summed E-state index contributed by atoms with van der Waals surface area (Å²) >= 11 is 0. The summed E-state index contributed by atoms with van der Waals surface area (Å²) in [5.74, 6) is 0. The molecule has 0 amide bonds. The maximum atomic E-state index is 10.6. The third-order valence-electron chi connectivity index (χ3n) is 1.60. The van der Waals surface area contributed by atoms with E-state index in [-0.39, 0.29) is 34.5 Å². The second kappa shape index (κ2) is 5.68. The van der Waals surface area contributed by atoms with Crippen molar-refractivity contribution in [3.8, 4) is 0 Å². The molecule has 0 saturated heterocycles. The molecule has 0 radical (unpaired) electrons. The number of hydrogen-bond acceptors (Lipinski definition) is 2. The normalized spacial score (nSPS) is 10.4. The monoisotopic (exact) mass is 222 g/mol. The van der Waals surface area contributed by atoms with Crippen LogP contribution in [0, 0.1) is 0 Å². The third-order valence-corrected chi connectivity index (χ3v) is 2.47. The van der Waals surface area contributed by atoms with E-state index in [1.54, 1.807) is 18.2 Å². The first-order valence-electron chi connectivity index (χ1n) is 3.71. The summed E-state index contributed by atoms with van der Waals surface area (Å²) in [6.07, 6.45) is 2.41. The zero-order chi connectivity index (χ0) is 9.90. The summed E-state index contributed by atoms with van der Waals surface area (Å²) in [6.45, 7) is 3.56. The molecule has 0 aliphatic carbocycles. The predicted molar refractivity (Wildman–Crippen MR) is 57.3 cm³/mol. The maximum absolute atomic E-state index is 10.6. The van der Waals surface area contributed by atoms with Gasteiger partial charge in [-0.25, -0.2) is 0 Å². The van der Waals surface area contributed by atoms with Crippen molar-refractivity contribution in [2.24, 2.45) is 0 Å². The molecule has 1 aromatic rings. The Balaban J connectivity index is 0.00000169. The molecule has 3 nitrogen and oxygen atoms in total. The first kappa shape index (κ1) is 13.9. The van der Waals surface area contributed by atoms with E-state index in [0.717, 1.165) is 5.56 Å². The van der Waals surface area contributed by atoms with Crippen molar-refractivity contribution in [2.45, 2.75) is 11.3 Å². The Labute approximate surface area is 106 Å². The van der Waals surface area contributed by atoms with Gasteiger partial charge in [-0.05, 0) is 24.1 Å². The van der Waals surface area contributed by atoms with Gasteiger partial charge in [-0.1, -0.05) is 18.2 Å².